The molecule has 0 saturated heterocycles. The Labute approximate surface area is 133 Å². The fourth-order valence-electron chi connectivity index (χ4n) is 2.57. The zero-order valence-electron chi connectivity index (χ0n) is 13.3. The summed E-state index contributed by atoms with van der Waals surface area (Å²) in [6.07, 6.45) is 0. The molecule has 0 bridgehead atoms. The number of hydrogen-bond donors (Lipinski definition) is 0. The number of sulfone groups is 1. The fraction of sp³-hybridized carbons (Fsp3) is 0.357. The molecule has 1 amide bonds. The van der Waals surface area contributed by atoms with Crippen LogP contribution in [0.25, 0.3) is 16.8 Å². The Morgan fingerprint density at radius 1 is 1.17 bits per heavy atom. The highest BCUT2D eigenvalue weighted by Crippen LogP contribution is 2.24. The average Bonchev–Trinajstić information content (AvgIpc) is 3.07. The Hall–Kier alpha value is -2.42. The summed E-state index contributed by atoms with van der Waals surface area (Å²) in [5.41, 5.74) is 1.51. The molecule has 2 heterocycles. The minimum Gasteiger partial charge on any atom is -0.348 e. The average molecular weight is 335 g/mol. The van der Waals surface area contributed by atoms with E-state index < -0.39 is 21.0 Å². The van der Waals surface area contributed by atoms with E-state index >= 15 is 0 Å². The van der Waals surface area contributed by atoms with E-state index in [1.807, 2.05) is 18.2 Å². The normalized spacial score (nSPS) is 13.6. The molecule has 1 atom stereocenters. The Kier molecular flexibility index (Phi) is 3.40. The first-order valence-electron chi connectivity index (χ1n) is 7.00. The number of para-hydroxylation sites is 2. The van der Waals surface area contributed by atoms with Crippen LogP contribution in [0.3, 0.4) is 0 Å². The number of carbonyl (C=O) groups excluding carboxylic acids is 1. The van der Waals surface area contributed by atoms with E-state index in [2.05, 4.69) is 10.2 Å². The van der Waals surface area contributed by atoms with Crippen molar-refractivity contribution in [1.82, 2.24) is 24.1 Å². The molecule has 1 aromatic carbocycles. The number of nitrogens with zero attached hydrogens (tertiary/aromatic N) is 5. The van der Waals surface area contributed by atoms with Crippen molar-refractivity contribution in [3.63, 3.8) is 0 Å². The molecule has 9 heteroatoms. The van der Waals surface area contributed by atoms with E-state index in [4.69, 9.17) is 0 Å². The highest BCUT2D eigenvalue weighted by atomic mass is 32.2. The molecule has 0 aliphatic carbocycles. The number of fused-ring (bicyclic) bond motifs is 3. The van der Waals surface area contributed by atoms with E-state index in [0.29, 0.717) is 11.3 Å². The topological polar surface area (TPSA) is 89.6 Å². The van der Waals surface area contributed by atoms with Gasteiger partial charge in [-0.05, 0) is 19.1 Å². The van der Waals surface area contributed by atoms with Crippen molar-refractivity contribution in [2.45, 2.75) is 17.3 Å². The standard InChI is InChI=1S/C14H17N5O3S/c1-9(12(20)17(2)3)23(21,22)14-16-15-13-18(4)10-7-5-6-8-11(10)19(13)14/h5-9H,1-4H3/t9-/m1/s1. The zero-order valence-corrected chi connectivity index (χ0v) is 14.1. The Morgan fingerprint density at radius 2 is 1.78 bits per heavy atom. The molecule has 0 fully saturated rings. The molecule has 0 N–H and O–H groups in total. The fourth-order valence-corrected chi connectivity index (χ4v) is 3.96. The molecule has 0 radical (unpaired) electrons. The third kappa shape index (κ3) is 2.11. The lowest BCUT2D eigenvalue weighted by Gasteiger charge is -2.16. The van der Waals surface area contributed by atoms with Crippen LogP contribution >= 0.6 is 0 Å². The van der Waals surface area contributed by atoms with Crippen LogP contribution in [0.15, 0.2) is 29.4 Å². The van der Waals surface area contributed by atoms with Crippen LogP contribution in [0.5, 0.6) is 0 Å². The third-order valence-electron chi connectivity index (χ3n) is 3.91. The number of aryl methyl sites for hydroxylation is 1. The molecule has 0 aliphatic rings. The van der Waals surface area contributed by atoms with Crippen molar-refractivity contribution in [2.24, 2.45) is 7.05 Å². The van der Waals surface area contributed by atoms with Gasteiger partial charge in [0, 0.05) is 21.1 Å². The molecule has 8 nitrogen and oxygen atoms in total. The van der Waals surface area contributed by atoms with Crippen molar-refractivity contribution in [3.05, 3.63) is 24.3 Å². The molecular weight excluding hydrogens is 318 g/mol. The number of amides is 1. The van der Waals surface area contributed by atoms with Gasteiger partial charge in [0.05, 0.1) is 11.0 Å². The number of benzene rings is 1. The second-order valence-electron chi connectivity index (χ2n) is 5.59. The van der Waals surface area contributed by atoms with Gasteiger partial charge in [-0.3, -0.25) is 4.79 Å². The van der Waals surface area contributed by atoms with E-state index in [1.165, 1.54) is 30.3 Å². The minimum absolute atomic E-state index is 0.216. The van der Waals surface area contributed by atoms with Gasteiger partial charge in [-0.25, -0.2) is 12.8 Å². The second kappa shape index (κ2) is 5.05. The van der Waals surface area contributed by atoms with Crippen LogP contribution < -0.4 is 0 Å². The van der Waals surface area contributed by atoms with Gasteiger partial charge in [-0.15, -0.1) is 10.2 Å². The number of aromatic nitrogens is 4. The number of imidazole rings is 1. The molecule has 0 aliphatic heterocycles. The summed E-state index contributed by atoms with van der Waals surface area (Å²) in [6.45, 7) is 1.36. The molecule has 0 saturated carbocycles. The first kappa shape index (κ1) is 15.5. The summed E-state index contributed by atoms with van der Waals surface area (Å²) >= 11 is 0. The molecule has 0 unspecified atom stereocenters. The van der Waals surface area contributed by atoms with Crippen molar-refractivity contribution >= 4 is 32.6 Å². The van der Waals surface area contributed by atoms with Crippen LogP contribution in [0.1, 0.15) is 6.92 Å². The number of carbonyl (C=O) groups is 1. The van der Waals surface area contributed by atoms with E-state index in [1.54, 1.807) is 17.7 Å². The van der Waals surface area contributed by atoms with Gasteiger partial charge < -0.3 is 9.47 Å². The van der Waals surface area contributed by atoms with E-state index in [9.17, 15) is 13.2 Å². The molecule has 3 rings (SSSR count). The van der Waals surface area contributed by atoms with E-state index in [-0.39, 0.29) is 5.16 Å². The summed E-state index contributed by atoms with van der Waals surface area (Å²) in [6, 6.07) is 7.34. The number of hydrogen-bond acceptors (Lipinski definition) is 5. The van der Waals surface area contributed by atoms with Crippen molar-refractivity contribution in [2.75, 3.05) is 14.1 Å². The molecule has 23 heavy (non-hydrogen) atoms. The van der Waals surface area contributed by atoms with Gasteiger partial charge in [0.2, 0.25) is 21.5 Å². The quantitative estimate of drug-likeness (QED) is 0.694. The second-order valence-corrected chi connectivity index (χ2v) is 7.75. The summed E-state index contributed by atoms with van der Waals surface area (Å²) < 4.78 is 28.9. The lowest BCUT2D eigenvalue weighted by Crippen LogP contribution is -2.37. The van der Waals surface area contributed by atoms with Gasteiger partial charge in [0.25, 0.3) is 5.16 Å². The summed E-state index contributed by atoms with van der Waals surface area (Å²) in [5, 5.41) is 6.37. The highest BCUT2D eigenvalue weighted by Gasteiger charge is 2.35. The molecule has 0 spiro atoms. The Balaban J connectivity index is 2.29. The van der Waals surface area contributed by atoms with Crippen molar-refractivity contribution in [3.8, 4) is 0 Å². The minimum atomic E-state index is -3.96. The van der Waals surface area contributed by atoms with Crippen LogP contribution in [0.4, 0.5) is 0 Å². The lowest BCUT2D eigenvalue weighted by atomic mass is 10.3. The maximum atomic E-state index is 12.8. The predicted octanol–water partition coefficient (Wildman–Crippen LogP) is 0.471. The SMILES string of the molecule is C[C@H](C(=O)N(C)C)S(=O)(=O)c1nnc2n(C)c3ccccc3n12. The maximum absolute atomic E-state index is 12.8. The highest BCUT2D eigenvalue weighted by molar-refractivity contribution is 7.92. The van der Waals surface area contributed by atoms with Gasteiger partial charge in [-0.2, -0.15) is 0 Å². The maximum Gasteiger partial charge on any atom is 0.256 e. The third-order valence-corrected chi connectivity index (χ3v) is 5.81. The predicted molar refractivity (Wildman–Crippen MR) is 84.8 cm³/mol. The monoisotopic (exact) mass is 335 g/mol. The smallest absolute Gasteiger partial charge is 0.256 e. The van der Waals surface area contributed by atoms with Gasteiger partial charge >= 0.3 is 0 Å². The summed E-state index contributed by atoms with van der Waals surface area (Å²) in [4.78, 5) is 13.3. The van der Waals surface area contributed by atoms with E-state index in [0.717, 1.165) is 5.52 Å². The van der Waals surface area contributed by atoms with Crippen LogP contribution in [0.2, 0.25) is 0 Å². The molecule has 122 valence electrons. The van der Waals surface area contributed by atoms with Gasteiger partial charge in [0.15, 0.2) is 0 Å². The molecule has 2 aromatic heterocycles. The van der Waals surface area contributed by atoms with Gasteiger partial charge in [-0.1, -0.05) is 12.1 Å². The number of rotatable bonds is 3. The molecule has 3 aromatic rings. The van der Waals surface area contributed by atoms with Crippen LogP contribution in [-0.4, -0.2) is 57.7 Å². The Bertz CT molecular complexity index is 1020. The first-order chi connectivity index (χ1) is 10.8. The lowest BCUT2D eigenvalue weighted by molar-refractivity contribution is -0.127. The molecular formula is C14H17N5O3S. The first-order valence-corrected chi connectivity index (χ1v) is 8.55. The van der Waals surface area contributed by atoms with Crippen molar-refractivity contribution in [1.29, 1.82) is 0 Å². The van der Waals surface area contributed by atoms with Crippen LogP contribution in [0, 0.1) is 0 Å². The largest absolute Gasteiger partial charge is 0.348 e. The summed E-state index contributed by atoms with van der Waals surface area (Å²) in [5.74, 6) is -0.0868. The zero-order chi connectivity index (χ0) is 16.9. The van der Waals surface area contributed by atoms with Gasteiger partial charge in [0.1, 0.15) is 5.25 Å². The summed E-state index contributed by atoms with van der Waals surface area (Å²) in [7, 11) is 0.868. The van der Waals surface area contributed by atoms with Crippen LogP contribution in [-0.2, 0) is 21.7 Å². The Morgan fingerprint density at radius 3 is 2.39 bits per heavy atom. The van der Waals surface area contributed by atoms with Crippen molar-refractivity contribution < 1.29 is 13.2 Å².